The van der Waals surface area contributed by atoms with Crippen molar-refractivity contribution in [3.05, 3.63) is 47.7 Å². The van der Waals surface area contributed by atoms with Crippen LogP contribution < -0.4 is 11.3 Å². The maximum Gasteiger partial charge on any atom is 0.0725 e. The van der Waals surface area contributed by atoms with E-state index in [-0.39, 0.29) is 0 Å². The molecule has 3 nitrogen and oxygen atoms in total. The first-order chi connectivity index (χ1) is 7.72. The van der Waals surface area contributed by atoms with Crippen LogP contribution in [0.2, 0.25) is 0 Å². The minimum absolute atomic E-state index is 0.867. The van der Waals surface area contributed by atoms with E-state index in [0.717, 1.165) is 16.9 Å². The molecule has 0 bridgehead atoms. The van der Waals surface area contributed by atoms with Gasteiger partial charge in [-0.3, -0.25) is 10.8 Å². The van der Waals surface area contributed by atoms with Gasteiger partial charge in [0.05, 0.1) is 11.4 Å². The Balaban J connectivity index is 2.54. The molecule has 3 N–H and O–H groups in total. The smallest absolute Gasteiger partial charge is 0.0725 e. The summed E-state index contributed by atoms with van der Waals surface area (Å²) < 4.78 is 0. The third-order valence-electron chi connectivity index (χ3n) is 2.81. The van der Waals surface area contributed by atoms with Crippen LogP contribution in [0.4, 0.5) is 5.69 Å². The van der Waals surface area contributed by atoms with E-state index < -0.39 is 0 Å². The maximum atomic E-state index is 5.39. The summed E-state index contributed by atoms with van der Waals surface area (Å²) in [5, 5.41) is 0. The summed E-state index contributed by atoms with van der Waals surface area (Å²) in [5.74, 6) is 5.39. The number of nitrogens with two attached hydrogens (primary N) is 1. The lowest BCUT2D eigenvalue weighted by Crippen LogP contribution is -2.06. The van der Waals surface area contributed by atoms with Crippen molar-refractivity contribution >= 4 is 5.69 Å². The molecule has 0 aliphatic rings. The summed E-state index contributed by atoms with van der Waals surface area (Å²) in [7, 11) is 0. The summed E-state index contributed by atoms with van der Waals surface area (Å²) in [6.07, 6.45) is 1.76. The fourth-order valence-electron chi connectivity index (χ4n) is 1.70. The number of aromatic nitrogens is 1. The van der Waals surface area contributed by atoms with Gasteiger partial charge in [0.15, 0.2) is 0 Å². The largest absolute Gasteiger partial charge is 0.324 e. The average Bonchev–Trinajstić information content (AvgIpc) is 2.33. The number of nitrogens with zero attached hydrogens (tertiary/aromatic N) is 1. The molecule has 1 heterocycles. The van der Waals surface area contributed by atoms with E-state index in [1.54, 1.807) is 6.20 Å². The Hall–Kier alpha value is -1.87. The molecule has 0 saturated carbocycles. The Kier molecular flexibility index (Phi) is 2.88. The van der Waals surface area contributed by atoms with Crippen LogP contribution in [0.1, 0.15) is 11.1 Å². The number of hydrogen-bond acceptors (Lipinski definition) is 3. The van der Waals surface area contributed by atoms with Crippen molar-refractivity contribution in [2.45, 2.75) is 13.8 Å². The van der Waals surface area contributed by atoms with Crippen LogP contribution in [-0.4, -0.2) is 4.98 Å². The third kappa shape index (κ3) is 1.90. The standard InChI is InChI=1S/C13H15N3/c1-9-4-3-5-12(10(9)2)13-8-11(16-14)6-7-15-13/h3-8H,14H2,1-2H3,(H,15,16). The topological polar surface area (TPSA) is 50.9 Å². The minimum Gasteiger partial charge on any atom is -0.324 e. The highest BCUT2D eigenvalue weighted by Crippen LogP contribution is 2.25. The lowest BCUT2D eigenvalue weighted by molar-refractivity contribution is 1.26. The highest BCUT2D eigenvalue weighted by Gasteiger charge is 2.05. The molecule has 1 aromatic heterocycles. The summed E-state index contributed by atoms with van der Waals surface area (Å²) in [6.45, 7) is 4.21. The first kappa shape index (κ1) is 10.6. The maximum absolute atomic E-state index is 5.39. The lowest BCUT2D eigenvalue weighted by Gasteiger charge is -2.09. The molecule has 0 atom stereocenters. The molecule has 2 aromatic rings. The molecule has 0 radical (unpaired) electrons. The van der Waals surface area contributed by atoms with E-state index >= 15 is 0 Å². The van der Waals surface area contributed by atoms with Crippen LogP contribution in [0.3, 0.4) is 0 Å². The molecular weight excluding hydrogens is 198 g/mol. The average molecular weight is 213 g/mol. The van der Waals surface area contributed by atoms with Crippen LogP contribution >= 0.6 is 0 Å². The van der Waals surface area contributed by atoms with E-state index in [1.165, 1.54) is 11.1 Å². The van der Waals surface area contributed by atoms with E-state index in [4.69, 9.17) is 5.84 Å². The number of hydrogen-bond donors (Lipinski definition) is 2. The van der Waals surface area contributed by atoms with Crippen molar-refractivity contribution < 1.29 is 0 Å². The second kappa shape index (κ2) is 4.33. The normalized spacial score (nSPS) is 10.2. The second-order valence-corrected chi connectivity index (χ2v) is 3.82. The fourth-order valence-corrected chi connectivity index (χ4v) is 1.70. The van der Waals surface area contributed by atoms with E-state index in [0.29, 0.717) is 0 Å². The van der Waals surface area contributed by atoms with Crippen LogP contribution in [0.25, 0.3) is 11.3 Å². The Bertz CT molecular complexity index is 506. The number of hydrazine groups is 1. The summed E-state index contributed by atoms with van der Waals surface area (Å²) in [6, 6.07) is 10.0. The number of anilines is 1. The minimum atomic E-state index is 0.867. The summed E-state index contributed by atoms with van der Waals surface area (Å²) in [4.78, 5) is 4.36. The van der Waals surface area contributed by atoms with Crippen molar-refractivity contribution in [3.8, 4) is 11.3 Å². The van der Waals surface area contributed by atoms with Gasteiger partial charge in [0, 0.05) is 11.8 Å². The molecule has 0 spiro atoms. The molecule has 16 heavy (non-hydrogen) atoms. The summed E-state index contributed by atoms with van der Waals surface area (Å²) >= 11 is 0. The highest BCUT2D eigenvalue weighted by atomic mass is 15.2. The number of nitrogen functional groups attached to an aromatic ring is 1. The molecule has 0 aliphatic heterocycles. The molecule has 0 aliphatic carbocycles. The van der Waals surface area contributed by atoms with Crippen LogP contribution in [0, 0.1) is 13.8 Å². The van der Waals surface area contributed by atoms with Gasteiger partial charge in [-0.25, -0.2) is 0 Å². The Labute approximate surface area is 95.3 Å². The monoisotopic (exact) mass is 213 g/mol. The zero-order valence-corrected chi connectivity index (χ0v) is 9.49. The third-order valence-corrected chi connectivity index (χ3v) is 2.81. The lowest BCUT2D eigenvalue weighted by atomic mass is 10.0. The van der Waals surface area contributed by atoms with Gasteiger partial charge in [0.25, 0.3) is 0 Å². The molecule has 3 heteroatoms. The van der Waals surface area contributed by atoms with Gasteiger partial charge in [0.1, 0.15) is 0 Å². The van der Waals surface area contributed by atoms with Gasteiger partial charge in [-0.15, -0.1) is 0 Å². The molecule has 0 amide bonds. The number of benzene rings is 1. The van der Waals surface area contributed by atoms with Gasteiger partial charge < -0.3 is 5.43 Å². The van der Waals surface area contributed by atoms with Crippen LogP contribution in [-0.2, 0) is 0 Å². The Morgan fingerprint density at radius 3 is 2.75 bits per heavy atom. The molecule has 0 saturated heterocycles. The van der Waals surface area contributed by atoms with Gasteiger partial charge in [-0.2, -0.15) is 0 Å². The molecule has 1 aromatic carbocycles. The van der Waals surface area contributed by atoms with Crippen molar-refractivity contribution in [3.63, 3.8) is 0 Å². The fraction of sp³-hybridized carbons (Fsp3) is 0.154. The second-order valence-electron chi connectivity index (χ2n) is 3.82. The van der Waals surface area contributed by atoms with E-state index in [2.05, 4.69) is 36.4 Å². The molecular formula is C13H15N3. The molecule has 82 valence electrons. The molecule has 0 unspecified atom stereocenters. The zero-order chi connectivity index (χ0) is 11.5. The SMILES string of the molecule is Cc1cccc(-c2cc(NN)ccn2)c1C. The summed E-state index contributed by atoms with van der Waals surface area (Å²) in [5.41, 5.74) is 8.11. The van der Waals surface area contributed by atoms with Gasteiger partial charge in [-0.1, -0.05) is 18.2 Å². The van der Waals surface area contributed by atoms with Crippen molar-refractivity contribution in [1.29, 1.82) is 0 Å². The zero-order valence-electron chi connectivity index (χ0n) is 9.49. The van der Waals surface area contributed by atoms with Crippen LogP contribution in [0.15, 0.2) is 36.5 Å². The quantitative estimate of drug-likeness (QED) is 0.595. The first-order valence-corrected chi connectivity index (χ1v) is 5.21. The number of nitrogens with one attached hydrogen (secondary N) is 1. The number of aryl methyl sites for hydroxylation is 1. The predicted octanol–water partition coefficient (Wildman–Crippen LogP) is 2.65. The Morgan fingerprint density at radius 1 is 1.19 bits per heavy atom. The van der Waals surface area contributed by atoms with Gasteiger partial charge in [0.2, 0.25) is 0 Å². The van der Waals surface area contributed by atoms with Crippen molar-refractivity contribution in [2.24, 2.45) is 5.84 Å². The van der Waals surface area contributed by atoms with Gasteiger partial charge >= 0.3 is 0 Å². The van der Waals surface area contributed by atoms with Crippen molar-refractivity contribution in [2.75, 3.05) is 5.43 Å². The van der Waals surface area contributed by atoms with Gasteiger partial charge in [-0.05, 0) is 37.1 Å². The van der Waals surface area contributed by atoms with E-state index in [9.17, 15) is 0 Å². The Morgan fingerprint density at radius 2 is 2.00 bits per heavy atom. The molecule has 2 rings (SSSR count). The number of rotatable bonds is 2. The van der Waals surface area contributed by atoms with Crippen LogP contribution in [0.5, 0.6) is 0 Å². The van der Waals surface area contributed by atoms with E-state index in [1.807, 2.05) is 18.2 Å². The number of pyridine rings is 1. The highest BCUT2D eigenvalue weighted by molar-refractivity contribution is 5.68. The van der Waals surface area contributed by atoms with Crippen molar-refractivity contribution in [1.82, 2.24) is 4.98 Å². The molecule has 0 fully saturated rings. The first-order valence-electron chi connectivity index (χ1n) is 5.21. The predicted molar refractivity (Wildman–Crippen MR) is 67.0 cm³/mol.